The second-order valence-corrected chi connectivity index (χ2v) is 12.6. The van der Waals surface area contributed by atoms with Crippen molar-refractivity contribution in [3.05, 3.63) is 0 Å². The van der Waals surface area contributed by atoms with E-state index in [0.717, 1.165) is 13.8 Å². The van der Waals surface area contributed by atoms with Crippen LogP contribution >= 0.6 is 11.8 Å². The number of nitrogens with two attached hydrogens (primary N) is 4. The number of hydrogen-bond acceptors (Lipinski definition) is 13. The quantitative estimate of drug-likeness (QED) is 0.0159. The normalized spacial score (nSPS) is 14.4. The molecule has 0 bridgehead atoms. The average molecular weight is 791 g/mol. The Bertz CT molecular complexity index is 1400. The van der Waals surface area contributed by atoms with E-state index in [1.165, 1.54) is 11.8 Å². The number of hydrogen-bond donors (Lipinski definition) is 13. The lowest BCUT2D eigenvalue weighted by Crippen LogP contribution is -2.59. The van der Waals surface area contributed by atoms with Gasteiger partial charge >= 0.3 is 5.97 Å². The summed E-state index contributed by atoms with van der Waals surface area (Å²) in [6.45, 7) is 1.50. The standard InChI is InChI=1S/C29H50N12O12S/c1-13(23(47)40-18(28(52)53)10-20(31)45)37-26(50)17(9-19(30)44)38-21(46)11-35-27(51)22(14(2)43)41-25(49)16(5-4-7-34-29(32)33)39-24(48)15(36-12-42)6-8-54-3/h12-18,22,43H,4-11H2,1-3H3,(H2,30,44)(H2,31,45)(H,35,51)(H,36,42)(H,37,50)(H,38,46)(H,39,48)(H,40,47)(H,41,49)(H,52,53)(H4,32,33,34)/t13-,14+,15-,16-,17-,18-,22-/m0/s1. The number of thioether (sulfide) groups is 1. The maximum absolute atomic E-state index is 13.3. The first-order valence-electron chi connectivity index (χ1n) is 16.2. The zero-order chi connectivity index (χ0) is 41.5. The minimum absolute atomic E-state index is 0.0433. The van der Waals surface area contributed by atoms with Crippen LogP contribution in [-0.4, -0.2) is 143 Å². The molecule has 304 valence electrons. The Morgan fingerprint density at radius 2 is 1.28 bits per heavy atom. The van der Waals surface area contributed by atoms with Gasteiger partial charge < -0.3 is 70.4 Å². The number of nitrogens with zero attached hydrogens (tertiary/aromatic N) is 1. The third-order valence-electron chi connectivity index (χ3n) is 7.09. The smallest absolute Gasteiger partial charge is 0.326 e. The van der Waals surface area contributed by atoms with Gasteiger partial charge in [0.05, 0.1) is 25.5 Å². The topological polar surface area (TPSA) is 412 Å². The van der Waals surface area contributed by atoms with Crippen LogP contribution in [0.25, 0.3) is 0 Å². The highest BCUT2D eigenvalue weighted by Crippen LogP contribution is 2.06. The Hall–Kier alpha value is -5.72. The molecule has 7 atom stereocenters. The van der Waals surface area contributed by atoms with E-state index in [0.29, 0.717) is 12.2 Å². The summed E-state index contributed by atoms with van der Waals surface area (Å²) in [6.07, 6.45) is -0.578. The van der Waals surface area contributed by atoms with Gasteiger partial charge in [-0.3, -0.25) is 48.1 Å². The van der Waals surface area contributed by atoms with Gasteiger partial charge in [0, 0.05) is 6.54 Å². The minimum Gasteiger partial charge on any atom is -0.480 e. The molecule has 24 nitrogen and oxygen atoms in total. The molecule has 0 rings (SSSR count). The number of primary amides is 2. The van der Waals surface area contributed by atoms with Crippen LogP contribution in [0.2, 0.25) is 0 Å². The van der Waals surface area contributed by atoms with E-state index in [4.69, 9.17) is 22.9 Å². The molecule has 0 radical (unpaired) electrons. The number of aliphatic hydroxyl groups excluding tert-OH is 1. The third-order valence-corrected chi connectivity index (χ3v) is 7.73. The van der Waals surface area contributed by atoms with E-state index >= 15 is 0 Å². The molecule has 0 fully saturated rings. The first kappa shape index (κ1) is 48.3. The Balaban J connectivity index is 5.70. The molecule has 9 amide bonds. The first-order chi connectivity index (χ1) is 25.2. The molecule has 54 heavy (non-hydrogen) atoms. The largest absolute Gasteiger partial charge is 0.480 e. The Kier molecular flexibility index (Phi) is 22.6. The molecule has 0 saturated heterocycles. The molecule has 0 aliphatic heterocycles. The number of aliphatic carboxylic acids is 1. The summed E-state index contributed by atoms with van der Waals surface area (Å²) in [7, 11) is 0. The number of carbonyl (C=O) groups is 10. The molecular weight excluding hydrogens is 740 g/mol. The molecular formula is C29H50N12O12S. The van der Waals surface area contributed by atoms with Crippen LogP contribution in [0.1, 0.15) is 46.0 Å². The lowest BCUT2D eigenvalue weighted by molar-refractivity contribution is -0.143. The fraction of sp³-hybridized carbons (Fsp3) is 0.621. The number of rotatable bonds is 27. The van der Waals surface area contributed by atoms with Crippen molar-refractivity contribution in [1.82, 2.24) is 37.2 Å². The highest BCUT2D eigenvalue weighted by Gasteiger charge is 2.32. The Morgan fingerprint density at radius 3 is 1.80 bits per heavy atom. The number of carboxylic acids is 1. The molecule has 0 aliphatic rings. The van der Waals surface area contributed by atoms with E-state index in [1.54, 1.807) is 6.26 Å². The van der Waals surface area contributed by atoms with Crippen LogP contribution in [0.15, 0.2) is 4.99 Å². The monoisotopic (exact) mass is 790 g/mol. The van der Waals surface area contributed by atoms with Gasteiger partial charge in [-0.25, -0.2) is 4.79 Å². The maximum atomic E-state index is 13.3. The molecule has 0 unspecified atom stereocenters. The maximum Gasteiger partial charge on any atom is 0.326 e. The van der Waals surface area contributed by atoms with Crippen molar-refractivity contribution in [1.29, 1.82) is 0 Å². The van der Waals surface area contributed by atoms with Gasteiger partial charge in [0.2, 0.25) is 53.7 Å². The number of aliphatic hydroxyl groups is 1. The van der Waals surface area contributed by atoms with Crippen LogP contribution < -0.4 is 60.2 Å². The number of amides is 9. The number of aliphatic imine (C=N–C) groups is 1. The second kappa shape index (κ2) is 25.3. The van der Waals surface area contributed by atoms with Crippen LogP contribution in [0.3, 0.4) is 0 Å². The van der Waals surface area contributed by atoms with Crippen LogP contribution in [0.4, 0.5) is 0 Å². The summed E-state index contributed by atoms with van der Waals surface area (Å²) in [5.74, 6) is -9.31. The summed E-state index contributed by atoms with van der Waals surface area (Å²) in [5, 5.41) is 35.1. The molecule has 0 aromatic rings. The van der Waals surface area contributed by atoms with Gasteiger partial charge in [-0.1, -0.05) is 0 Å². The van der Waals surface area contributed by atoms with Gasteiger partial charge in [0.1, 0.15) is 36.3 Å². The summed E-state index contributed by atoms with van der Waals surface area (Å²) in [5.41, 5.74) is 20.8. The van der Waals surface area contributed by atoms with Crippen molar-refractivity contribution < 1.29 is 58.2 Å². The van der Waals surface area contributed by atoms with Crippen molar-refractivity contribution in [2.24, 2.45) is 27.9 Å². The molecule has 0 spiro atoms. The van der Waals surface area contributed by atoms with Crippen molar-refractivity contribution in [3.8, 4) is 0 Å². The van der Waals surface area contributed by atoms with Crippen molar-refractivity contribution in [2.45, 2.75) is 88.3 Å². The van der Waals surface area contributed by atoms with Crippen LogP contribution in [0.5, 0.6) is 0 Å². The minimum atomic E-state index is -1.71. The lowest BCUT2D eigenvalue weighted by Gasteiger charge is -2.26. The Labute approximate surface area is 313 Å². The lowest BCUT2D eigenvalue weighted by atomic mass is 10.1. The van der Waals surface area contributed by atoms with Crippen LogP contribution in [-0.2, 0) is 47.9 Å². The fourth-order valence-corrected chi connectivity index (χ4v) is 4.79. The van der Waals surface area contributed by atoms with E-state index in [9.17, 15) is 58.2 Å². The van der Waals surface area contributed by atoms with E-state index in [2.05, 4.69) is 36.9 Å². The van der Waals surface area contributed by atoms with Gasteiger partial charge in [0.15, 0.2) is 5.96 Å². The SMILES string of the molecule is CSCC[C@H](NC=O)C(=O)N[C@@H](CCCN=C(N)N)C(=O)N[C@H](C(=O)NCC(=O)N[C@@H](CC(N)=O)C(=O)N[C@@H](C)C(=O)N[C@@H](CC(N)=O)C(=O)O)[C@@H](C)O. The molecule has 0 aliphatic carbocycles. The van der Waals surface area contributed by atoms with E-state index in [1.807, 2.05) is 5.32 Å². The molecule has 0 heterocycles. The van der Waals surface area contributed by atoms with E-state index < -0.39 is 115 Å². The predicted molar refractivity (Wildman–Crippen MR) is 191 cm³/mol. The predicted octanol–water partition coefficient (Wildman–Crippen LogP) is -7.32. The summed E-state index contributed by atoms with van der Waals surface area (Å²) < 4.78 is 0. The molecule has 17 N–H and O–H groups in total. The fourth-order valence-electron chi connectivity index (χ4n) is 4.32. The number of nitrogens with one attached hydrogen (secondary N) is 7. The molecule has 25 heteroatoms. The summed E-state index contributed by atoms with van der Waals surface area (Å²) in [6, 6.07) is -8.82. The number of carbonyl (C=O) groups excluding carboxylic acids is 9. The number of guanidine groups is 1. The highest BCUT2D eigenvalue weighted by atomic mass is 32.2. The second-order valence-electron chi connectivity index (χ2n) is 11.7. The van der Waals surface area contributed by atoms with E-state index in [-0.39, 0.29) is 31.8 Å². The van der Waals surface area contributed by atoms with Crippen molar-refractivity contribution in [3.63, 3.8) is 0 Å². The van der Waals surface area contributed by atoms with Crippen molar-refractivity contribution >= 4 is 77.4 Å². The highest BCUT2D eigenvalue weighted by molar-refractivity contribution is 7.98. The summed E-state index contributed by atoms with van der Waals surface area (Å²) in [4.78, 5) is 126. The van der Waals surface area contributed by atoms with Gasteiger partial charge in [0.25, 0.3) is 0 Å². The first-order valence-corrected chi connectivity index (χ1v) is 17.6. The van der Waals surface area contributed by atoms with Gasteiger partial charge in [-0.05, 0) is 45.1 Å². The summed E-state index contributed by atoms with van der Waals surface area (Å²) >= 11 is 1.42. The van der Waals surface area contributed by atoms with Gasteiger partial charge in [-0.2, -0.15) is 11.8 Å². The zero-order valence-electron chi connectivity index (χ0n) is 29.9. The molecule has 0 aromatic heterocycles. The van der Waals surface area contributed by atoms with Crippen molar-refractivity contribution in [2.75, 3.05) is 25.1 Å². The third kappa shape index (κ3) is 19.8. The van der Waals surface area contributed by atoms with Crippen LogP contribution in [0, 0.1) is 0 Å². The Morgan fingerprint density at radius 1 is 0.722 bits per heavy atom. The van der Waals surface area contributed by atoms with Gasteiger partial charge in [-0.15, -0.1) is 0 Å². The molecule has 0 aromatic carbocycles. The number of carboxylic acid groups (broad SMARTS) is 1. The zero-order valence-corrected chi connectivity index (χ0v) is 30.7. The average Bonchev–Trinajstić information content (AvgIpc) is 3.07. The molecule has 0 saturated carbocycles.